The van der Waals surface area contributed by atoms with Gasteiger partial charge in [-0.2, -0.15) is 0 Å². The fourth-order valence-electron chi connectivity index (χ4n) is 2.11. The Bertz CT molecular complexity index is 315. The maximum Gasteiger partial charge on any atom is 0.123 e. The van der Waals surface area contributed by atoms with Crippen molar-refractivity contribution in [3.63, 3.8) is 0 Å². The average Bonchev–Trinajstić information content (AvgIpc) is 2.14. The SMILES string of the molecule is NCC1(c2ccc(F)cc2)CC(F)C1. The highest BCUT2D eigenvalue weighted by Crippen LogP contribution is 2.44. The molecule has 1 aromatic rings. The Labute approximate surface area is 81.9 Å². The molecule has 1 aliphatic rings. The molecule has 14 heavy (non-hydrogen) atoms. The Balaban J connectivity index is 2.25. The normalized spacial score (nSPS) is 31.2. The Morgan fingerprint density at radius 2 is 1.86 bits per heavy atom. The Morgan fingerprint density at radius 3 is 2.29 bits per heavy atom. The van der Waals surface area contributed by atoms with Gasteiger partial charge in [-0.3, -0.25) is 0 Å². The third-order valence-electron chi connectivity index (χ3n) is 3.07. The van der Waals surface area contributed by atoms with E-state index in [1.807, 2.05) is 0 Å². The van der Waals surface area contributed by atoms with Gasteiger partial charge in [-0.15, -0.1) is 0 Å². The fourth-order valence-corrected chi connectivity index (χ4v) is 2.11. The van der Waals surface area contributed by atoms with Crippen LogP contribution in [-0.2, 0) is 5.41 Å². The van der Waals surface area contributed by atoms with Crippen LogP contribution in [0.15, 0.2) is 24.3 Å². The molecule has 1 fully saturated rings. The van der Waals surface area contributed by atoms with E-state index in [2.05, 4.69) is 0 Å². The Morgan fingerprint density at radius 1 is 1.29 bits per heavy atom. The van der Waals surface area contributed by atoms with Crippen LogP contribution < -0.4 is 5.73 Å². The summed E-state index contributed by atoms with van der Waals surface area (Å²) in [6.45, 7) is 0.430. The van der Waals surface area contributed by atoms with Crippen molar-refractivity contribution in [2.24, 2.45) is 5.73 Å². The van der Waals surface area contributed by atoms with E-state index >= 15 is 0 Å². The average molecular weight is 197 g/mol. The van der Waals surface area contributed by atoms with Crippen LogP contribution in [-0.4, -0.2) is 12.7 Å². The van der Waals surface area contributed by atoms with Gasteiger partial charge in [0, 0.05) is 12.0 Å². The first kappa shape index (κ1) is 9.59. The number of halogens is 2. The number of benzene rings is 1. The molecule has 0 radical (unpaired) electrons. The predicted octanol–water partition coefficient (Wildman–Crippen LogP) is 2.15. The summed E-state index contributed by atoms with van der Waals surface area (Å²) < 4.78 is 25.5. The molecule has 0 bridgehead atoms. The molecule has 2 N–H and O–H groups in total. The van der Waals surface area contributed by atoms with E-state index in [0.717, 1.165) is 5.56 Å². The summed E-state index contributed by atoms with van der Waals surface area (Å²) >= 11 is 0. The van der Waals surface area contributed by atoms with E-state index in [1.54, 1.807) is 12.1 Å². The summed E-state index contributed by atoms with van der Waals surface area (Å²) in [5, 5.41) is 0. The van der Waals surface area contributed by atoms with E-state index in [-0.39, 0.29) is 11.2 Å². The molecule has 1 nitrogen and oxygen atoms in total. The Kier molecular flexibility index (Phi) is 2.27. The van der Waals surface area contributed by atoms with Crippen LogP contribution in [0.25, 0.3) is 0 Å². The molecule has 0 heterocycles. The minimum absolute atomic E-state index is 0.243. The topological polar surface area (TPSA) is 26.0 Å². The first-order valence-electron chi connectivity index (χ1n) is 4.76. The van der Waals surface area contributed by atoms with Gasteiger partial charge in [0.25, 0.3) is 0 Å². The molecular weight excluding hydrogens is 184 g/mol. The zero-order valence-electron chi connectivity index (χ0n) is 7.84. The van der Waals surface area contributed by atoms with E-state index < -0.39 is 6.17 Å². The monoisotopic (exact) mass is 197 g/mol. The number of rotatable bonds is 2. The molecule has 0 spiro atoms. The van der Waals surface area contributed by atoms with Gasteiger partial charge in [0.1, 0.15) is 12.0 Å². The van der Waals surface area contributed by atoms with Gasteiger partial charge in [-0.25, -0.2) is 8.78 Å². The third kappa shape index (κ3) is 1.42. The third-order valence-corrected chi connectivity index (χ3v) is 3.07. The highest BCUT2D eigenvalue weighted by atomic mass is 19.1. The molecule has 1 saturated carbocycles. The quantitative estimate of drug-likeness (QED) is 0.772. The summed E-state index contributed by atoms with van der Waals surface area (Å²) in [6, 6.07) is 6.21. The number of hydrogen-bond acceptors (Lipinski definition) is 1. The van der Waals surface area contributed by atoms with Crippen molar-refractivity contribution in [1.82, 2.24) is 0 Å². The number of nitrogens with two attached hydrogens (primary N) is 1. The van der Waals surface area contributed by atoms with Gasteiger partial charge < -0.3 is 5.73 Å². The smallest absolute Gasteiger partial charge is 0.123 e. The lowest BCUT2D eigenvalue weighted by molar-refractivity contribution is 0.0997. The van der Waals surface area contributed by atoms with Crippen molar-refractivity contribution in [1.29, 1.82) is 0 Å². The number of alkyl halides is 1. The van der Waals surface area contributed by atoms with Crippen LogP contribution in [0.4, 0.5) is 8.78 Å². The zero-order chi connectivity index (χ0) is 10.2. The van der Waals surface area contributed by atoms with E-state index in [9.17, 15) is 8.78 Å². The maximum atomic E-state index is 12.8. The highest BCUT2D eigenvalue weighted by molar-refractivity contribution is 5.30. The van der Waals surface area contributed by atoms with E-state index in [0.29, 0.717) is 19.4 Å². The van der Waals surface area contributed by atoms with Gasteiger partial charge in [0.15, 0.2) is 0 Å². The van der Waals surface area contributed by atoms with E-state index in [4.69, 9.17) is 5.73 Å². The molecule has 0 saturated heterocycles. The van der Waals surface area contributed by atoms with Gasteiger partial charge in [0.2, 0.25) is 0 Å². The van der Waals surface area contributed by atoms with Crippen LogP contribution in [0.1, 0.15) is 18.4 Å². The lowest BCUT2D eigenvalue weighted by Gasteiger charge is -2.44. The van der Waals surface area contributed by atoms with Gasteiger partial charge in [0.05, 0.1) is 0 Å². The molecule has 0 atom stereocenters. The first-order valence-corrected chi connectivity index (χ1v) is 4.76. The standard InChI is InChI=1S/C11H13F2N/c12-9-3-1-8(2-4-9)11(7-14)5-10(13)6-11/h1-4,10H,5-7,14H2. The summed E-state index contributed by atoms with van der Waals surface area (Å²) in [6.07, 6.45) is 0.188. The van der Waals surface area contributed by atoms with E-state index in [1.165, 1.54) is 12.1 Å². The second-order valence-corrected chi connectivity index (χ2v) is 4.00. The lowest BCUT2D eigenvalue weighted by atomic mass is 9.63. The largest absolute Gasteiger partial charge is 0.330 e. The van der Waals surface area contributed by atoms with Gasteiger partial charge >= 0.3 is 0 Å². The van der Waals surface area contributed by atoms with Crippen molar-refractivity contribution in [3.05, 3.63) is 35.6 Å². The maximum absolute atomic E-state index is 12.8. The van der Waals surface area contributed by atoms with Crippen LogP contribution in [0.3, 0.4) is 0 Å². The second kappa shape index (κ2) is 3.31. The highest BCUT2D eigenvalue weighted by Gasteiger charge is 2.44. The van der Waals surface area contributed by atoms with Crippen LogP contribution in [0.2, 0.25) is 0 Å². The minimum atomic E-state index is -0.747. The molecule has 1 aliphatic carbocycles. The molecule has 0 unspecified atom stereocenters. The fraction of sp³-hybridized carbons (Fsp3) is 0.455. The second-order valence-electron chi connectivity index (χ2n) is 4.00. The van der Waals surface area contributed by atoms with Crippen molar-refractivity contribution < 1.29 is 8.78 Å². The molecular formula is C11H13F2N. The van der Waals surface area contributed by atoms with Crippen molar-refractivity contribution in [2.75, 3.05) is 6.54 Å². The van der Waals surface area contributed by atoms with Crippen molar-refractivity contribution in [3.8, 4) is 0 Å². The summed E-state index contributed by atoms with van der Waals surface area (Å²) in [5.74, 6) is -0.267. The number of hydrogen-bond donors (Lipinski definition) is 1. The van der Waals surface area contributed by atoms with Crippen LogP contribution in [0, 0.1) is 5.82 Å². The molecule has 0 aromatic heterocycles. The summed E-state index contributed by atoms with van der Waals surface area (Å²) in [4.78, 5) is 0. The lowest BCUT2D eigenvalue weighted by Crippen LogP contribution is -2.48. The molecule has 76 valence electrons. The summed E-state index contributed by atoms with van der Waals surface area (Å²) in [5.41, 5.74) is 6.35. The van der Waals surface area contributed by atoms with Gasteiger partial charge in [-0.1, -0.05) is 12.1 Å². The van der Waals surface area contributed by atoms with Crippen molar-refractivity contribution >= 4 is 0 Å². The van der Waals surface area contributed by atoms with Crippen LogP contribution >= 0.6 is 0 Å². The molecule has 3 heteroatoms. The molecule has 1 aromatic carbocycles. The molecule has 0 amide bonds. The molecule has 0 aliphatic heterocycles. The molecule has 2 rings (SSSR count). The van der Waals surface area contributed by atoms with Gasteiger partial charge in [-0.05, 0) is 30.5 Å². The predicted molar refractivity (Wildman–Crippen MR) is 51.3 cm³/mol. The Hall–Kier alpha value is -0.960. The minimum Gasteiger partial charge on any atom is -0.330 e. The van der Waals surface area contributed by atoms with Crippen molar-refractivity contribution in [2.45, 2.75) is 24.4 Å². The summed E-state index contributed by atoms with van der Waals surface area (Å²) in [7, 11) is 0. The first-order chi connectivity index (χ1) is 6.66. The van der Waals surface area contributed by atoms with Crippen LogP contribution in [0.5, 0.6) is 0 Å². The zero-order valence-corrected chi connectivity index (χ0v) is 7.84.